The minimum absolute atomic E-state index is 0.00660. The molecule has 0 atom stereocenters. The number of carbonyl (C=O) groups excluding carboxylic acids is 2. The van der Waals surface area contributed by atoms with E-state index in [-0.39, 0.29) is 24.5 Å². The first-order valence-corrected chi connectivity index (χ1v) is 6.43. The summed E-state index contributed by atoms with van der Waals surface area (Å²) in [6.45, 7) is 4.28. The summed E-state index contributed by atoms with van der Waals surface area (Å²) < 4.78 is 0. The summed E-state index contributed by atoms with van der Waals surface area (Å²) >= 11 is 0. The SMILES string of the molecule is CC(C)NC(=O)NCC(=O)NCCc1ccccc1. The van der Waals surface area contributed by atoms with E-state index < -0.39 is 0 Å². The highest BCUT2D eigenvalue weighted by Crippen LogP contribution is 1.97. The summed E-state index contributed by atoms with van der Waals surface area (Å²) in [5.41, 5.74) is 1.17. The van der Waals surface area contributed by atoms with Crippen LogP contribution < -0.4 is 16.0 Å². The van der Waals surface area contributed by atoms with E-state index in [0.717, 1.165) is 6.42 Å². The van der Waals surface area contributed by atoms with E-state index in [1.54, 1.807) is 0 Å². The van der Waals surface area contributed by atoms with Crippen molar-refractivity contribution >= 4 is 11.9 Å². The fourth-order valence-corrected chi connectivity index (χ4v) is 1.53. The van der Waals surface area contributed by atoms with Crippen molar-refractivity contribution in [3.05, 3.63) is 35.9 Å². The Morgan fingerprint density at radius 1 is 1.11 bits per heavy atom. The number of hydrogen-bond acceptors (Lipinski definition) is 2. The first-order valence-electron chi connectivity index (χ1n) is 6.43. The van der Waals surface area contributed by atoms with E-state index in [2.05, 4.69) is 16.0 Å². The molecule has 1 aromatic carbocycles. The second-order valence-corrected chi connectivity index (χ2v) is 4.57. The number of hydrogen-bond donors (Lipinski definition) is 3. The van der Waals surface area contributed by atoms with Gasteiger partial charge in [0.1, 0.15) is 0 Å². The molecule has 5 nitrogen and oxygen atoms in total. The number of benzene rings is 1. The first kappa shape index (κ1) is 15.0. The van der Waals surface area contributed by atoms with E-state index in [1.165, 1.54) is 5.56 Å². The van der Waals surface area contributed by atoms with Crippen molar-refractivity contribution in [1.29, 1.82) is 0 Å². The fourth-order valence-electron chi connectivity index (χ4n) is 1.53. The molecule has 3 N–H and O–H groups in total. The second kappa shape index (κ2) is 8.13. The Bertz CT molecular complexity index is 404. The van der Waals surface area contributed by atoms with Gasteiger partial charge in [0, 0.05) is 12.6 Å². The highest BCUT2D eigenvalue weighted by Gasteiger charge is 2.05. The lowest BCUT2D eigenvalue weighted by Gasteiger charge is -2.10. The van der Waals surface area contributed by atoms with Gasteiger partial charge in [-0.3, -0.25) is 4.79 Å². The maximum Gasteiger partial charge on any atom is 0.315 e. The van der Waals surface area contributed by atoms with Gasteiger partial charge in [0.2, 0.25) is 5.91 Å². The van der Waals surface area contributed by atoms with Crippen LogP contribution in [0.4, 0.5) is 4.79 Å². The van der Waals surface area contributed by atoms with E-state index in [9.17, 15) is 9.59 Å². The standard InChI is InChI=1S/C14H21N3O2/c1-11(2)17-14(19)16-10-13(18)15-9-8-12-6-4-3-5-7-12/h3-7,11H,8-10H2,1-2H3,(H,15,18)(H2,16,17,19). The molecular weight excluding hydrogens is 242 g/mol. The lowest BCUT2D eigenvalue weighted by atomic mass is 10.1. The molecule has 0 spiro atoms. The van der Waals surface area contributed by atoms with Gasteiger partial charge in [-0.15, -0.1) is 0 Å². The molecule has 0 heterocycles. The molecule has 0 aliphatic heterocycles. The Morgan fingerprint density at radius 2 is 1.79 bits per heavy atom. The molecule has 0 aromatic heterocycles. The number of urea groups is 1. The quantitative estimate of drug-likeness (QED) is 0.718. The number of amides is 3. The van der Waals surface area contributed by atoms with Crippen LogP contribution >= 0.6 is 0 Å². The Morgan fingerprint density at radius 3 is 2.42 bits per heavy atom. The molecule has 19 heavy (non-hydrogen) atoms. The molecule has 0 saturated carbocycles. The molecule has 104 valence electrons. The van der Waals surface area contributed by atoms with Crippen LogP contribution in [0.1, 0.15) is 19.4 Å². The van der Waals surface area contributed by atoms with Gasteiger partial charge >= 0.3 is 6.03 Å². The molecule has 0 unspecified atom stereocenters. The van der Waals surface area contributed by atoms with E-state index in [1.807, 2.05) is 44.2 Å². The Labute approximate surface area is 113 Å². The first-order chi connectivity index (χ1) is 9.08. The highest BCUT2D eigenvalue weighted by atomic mass is 16.2. The largest absolute Gasteiger partial charge is 0.354 e. The van der Waals surface area contributed by atoms with Crippen LogP contribution in [0, 0.1) is 0 Å². The van der Waals surface area contributed by atoms with Crippen molar-refractivity contribution in [3.63, 3.8) is 0 Å². The third kappa shape index (κ3) is 7.08. The average Bonchev–Trinajstić information content (AvgIpc) is 2.37. The van der Waals surface area contributed by atoms with Gasteiger partial charge < -0.3 is 16.0 Å². The van der Waals surface area contributed by atoms with Crippen molar-refractivity contribution in [2.75, 3.05) is 13.1 Å². The molecule has 0 radical (unpaired) electrons. The topological polar surface area (TPSA) is 70.2 Å². The van der Waals surface area contributed by atoms with E-state index >= 15 is 0 Å². The third-order valence-electron chi connectivity index (χ3n) is 2.41. The van der Waals surface area contributed by atoms with Gasteiger partial charge in [0.05, 0.1) is 6.54 Å². The molecule has 0 fully saturated rings. The minimum atomic E-state index is -0.326. The van der Waals surface area contributed by atoms with Crippen LogP contribution in [0.25, 0.3) is 0 Å². The van der Waals surface area contributed by atoms with E-state index in [0.29, 0.717) is 6.54 Å². The van der Waals surface area contributed by atoms with Gasteiger partial charge in [-0.1, -0.05) is 30.3 Å². The lowest BCUT2D eigenvalue weighted by Crippen LogP contribution is -2.44. The van der Waals surface area contributed by atoms with Gasteiger partial charge in [-0.05, 0) is 25.8 Å². The average molecular weight is 263 g/mol. The Kier molecular flexibility index (Phi) is 6.43. The summed E-state index contributed by atoms with van der Waals surface area (Å²) in [5.74, 6) is -0.185. The fraction of sp³-hybridized carbons (Fsp3) is 0.429. The van der Waals surface area contributed by atoms with Crippen LogP contribution in [-0.4, -0.2) is 31.1 Å². The maximum atomic E-state index is 11.5. The second-order valence-electron chi connectivity index (χ2n) is 4.57. The number of nitrogens with one attached hydrogen (secondary N) is 3. The van der Waals surface area contributed by atoms with Crippen molar-refractivity contribution in [3.8, 4) is 0 Å². The zero-order valence-corrected chi connectivity index (χ0v) is 11.4. The number of carbonyl (C=O) groups is 2. The molecule has 3 amide bonds. The van der Waals surface area contributed by atoms with Crippen molar-refractivity contribution in [2.24, 2.45) is 0 Å². The molecule has 1 rings (SSSR count). The molecule has 0 bridgehead atoms. The molecule has 0 saturated heterocycles. The van der Waals surface area contributed by atoms with Crippen molar-refractivity contribution in [1.82, 2.24) is 16.0 Å². The normalized spacial score (nSPS) is 10.1. The summed E-state index contributed by atoms with van der Waals surface area (Å²) in [6, 6.07) is 9.65. The van der Waals surface area contributed by atoms with Crippen molar-refractivity contribution in [2.45, 2.75) is 26.3 Å². The van der Waals surface area contributed by atoms with E-state index in [4.69, 9.17) is 0 Å². The van der Waals surface area contributed by atoms with Gasteiger partial charge in [0.25, 0.3) is 0 Å². The summed E-state index contributed by atoms with van der Waals surface area (Å²) in [7, 11) is 0. The molecule has 1 aromatic rings. The summed E-state index contributed by atoms with van der Waals surface area (Å²) in [6.07, 6.45) is 0.783. The minimum Gasteiger partial charge on any atom is -0.354 e. The molecular formula is C14H21N3O2. The van der Waals surface area contributed by atoms with Gasteiger partial charge in [-0.2, -0.15) is 0 Å². The molecule has 5 heteroatoms. The van der Waals surface area contributed by atoms with Crippen LogP contribution in [0.15, 0.2) is 30.3 Å². The van der Waals surface area contributed by atoms with Crippen LogP contribution in [0.5, 0.6) is 0 Å². The van der Waals surface area contributed by atoms with Crippen LogP contribution in [-0.2, 0) is 11.2 Å². The lowest BCUT2D eigenvalue weighted by molar-refractivity contribution is -0.120. The third-order valence-corrected chi connectivity index (χ3v) is 2.41. The summed E-state index contributed by atoms with van der Waals surface area (Å²) in [5, 5.41) is 7.91. The van der Waals surface area contributed by atoms with Crippen LogP contribution in [0.3, 0.4) is 0 Å². The Hall–Kier alpha value is -2.04. The summed E-state index contributed by atoms with van der Waals surface area (Å²) in [4.78, 5) is 22.7. The maximum absolute atomic E-state index is 11.5. The van der Waals surface area contributed by atoms with Crippen molar-refractivity contribution < 1.29 is 9.59 Å². The monoisotopic (exact) mass is 263 g/mol. The predicted octanol–water partition coefficient (Wildman–Crippen LogP) is 1.05. The zero-order valence-electron chi connectivity index (χ0n) is 11.4. The smallest absolute Gasteiger partial charge is 0.315 e. The predicted molar refractivity (Wildman–Crippen MR) is 74.8 cm³/mol. The van der Waals surface area contributed by atoms with Gasteiger partial charge in [0.15, 0.2) is 0 Å². The highest BCUT2D eigenvalue weighted by molar-refractivity contribution is 5.83. The molecule has 0 aliphatic carbocycles. The zero-order chi connectivity index (χ0) is 14.1. The van der Waals surface area contributed by atoms with Crippen LogP contribution in [0.2, 0.25) is 0 Å². The molecule has 0 aliphatic rings. The Balaban J connectivity index is 2.13. The number of rotatable bonds is 6. The van der Waals surface area contributed by atoms with Gasteiger partial charge in [-0.25, -0.2) is 4.79 Å².